The zero-order valence-corrected chi connectivity index (χ0v) is 13.0. The number of carbonyl (C=O) groups excluding carboxylic acids is 2. The molecule has 0 bridgehead atoms. The Morgan fingerprint density at radius 3 is 2.54 bits per heavy atom. The highest BCUT2D eigenvalue weighted by Gasteiger charge is 2.27. The largest absolute Gasteiger partial charge is 0.396 e. The number of rotatable bonds is 3. The Morgan fingerprint density at radius 2 is 1.79 bits per heavy atom. The lowest BCUT2D eigenvalue weighted by atomic mass is 10.0. The molecule has 4 rings (SSSR count). The number of hydrogen-bond donors (Lipinski definition) is 2. The minimum Gasteiger partial charge on any atom is -0.396 e. The molecule has 0 saturated heterocycles. The smallest absolute Gasteiger partial charge is 0.251 e. The minimum atomic E-state index is -0.199. The van der Waals surface area contributed by atoms with Crippen molar-refractivity contribution in [3.8, 4) is 11.1 Å². The first-order valence-electron chi connectivity index (χ1n) is 8.05. The average molecular weight is 319 g/mol. The van der Waals surface area contributed by atoms with E-state index in [0.717, 1.165) is 11.1 Å². The zero-order valence-electron chi connectivity index (χ0n) is 13.0. The van der Waals surface area contributed by atoms with E-state index in [4.69, 9.17) is 5.11 Å². The summed E-state index contributed by atoms with van der Waals surface area (Å²) in [6, 6.07) is 12.7. The topological polar surface area (TPSA) is 66.4 Å². The van der Waals surface area contributed by atoms with Crippen molar-refractivity contribution >= 4 is 11.7 Å². The molecule has 0 aromatic heterocycles. The maximum absolute atomic E-state index is 12.5. The molecule has 1 amide bonds. The molecule has 2 aromatic rings. The molecular weight excluding hydrogens is 302 g/mol. The first kappa shape index (κ1) is 14.8. The number of hydrogen-bond acceptors (Lipinski definition) is 3. The maximum atomic E-state index is 12.5. The number of fused-ring (bicyclic) bond motifs is 3. The number of carbonyl (C=O) groups is 2. The van der Waals surface area contributed by atoms with Gasteiger partial charge < -0.3 is 10.4 Å². The third kappa shape index (κ3) is 2.36. The summed E-state index contributed by atoms with van der Waals surface area (Å²) in [6.07, 6.45) is 4.54. The summed E-state index contributed by atoms with van der Waals surface area (Å²) in [5, 5.41) is 12.1. The van der Waals surface area contributed by atoms with Crippen molar-refractivity contribution < 1.29 is 14.7 Å². The summed E-state index contributed by atoms with van der Waals surface area (Å²) in [4.78, 5) is 25.0. The van der Waals surface area contributed by atoms with Crippen molar-refractivity contribution in [3.05, 3.63) is 71.3 Å². The molecule has 0 unspecified atom stereocenters. The van der Waals surface area contributed by atoms with Gasteiger partial charge in [0.05, 0.1) is 0 Å². The number of amides is 1. The molecule has 0 saturated carbocycles. The van der Waals surface area contributed by atoms with Crippen LogP contribution in [0, 0.1) is 5.92 Å². The zero-order chi connectivity index (χ0) is 16.7. The molecule has 0 radical (unpaired) electrons. The molecule has 4 heteroatoms. The highest BCUT2D eigenvalue weighted by atomic mass is 16.3. The third-order valence-electron chi connectivity index (χ3n) is 4.71. The molecule has 0 fully saturated rings. The van der Waals surface area contributed by atoms with Crippen LogP contribution in [0.1, 0.15) is 32.7 Å². The van der Waals surface area contributed by atoms with Crippen molar-refractivity contribution in [1.29, 1.82) is 0 Å². The van der Waals surface area contributed by atoms with E-state index in [-0.39, 0.29) is 30.3 Å². The Balaban J connectivity index is 1.58. The van der Waals surface area contributed by atoms with E-state index >= 15 is 0 Å². The average Bonchev–Trinajstić information content (AvgIpc) is 3.18. The van der Waals surface area contributed by atoms with Gasteiger partial charge in [-0.1, -0.05) is 42.5 Å². The van der Waals surface area contributed by atoms with Gasteiger partial charge in [-0.05, 0) is 29.7 Å². The number of aliphatic hydroxyl groups is 1. The second kappa shape index (κ2) is 5.73. The van der Waals surface area contributed by atoms with E-state index in [2.05, 4.69) is 5.32 Å². The van der Waals surface area contributed by atoms with Gasteiger partial charge in [0, 0.05) is 35.3 Å². The van der Waals surface area contributed by atoms with Crippen molar-refractivity contribution in [1.82, 2.24) is 5.32 Å². The van der Waals surface area contributed by atoms with Gasteiger partial charge in [-0.25, -0.2) is 0 Å². The SMILES string of the molecule is O=C(N[C@@H]1C=C[C@H](CO)C1)c1ccc2c(c1)C(=O)c1ccccc1-2. The molecule has 120 valence electrons. The van der Waals surface area contributed by atoms with E-state index in [1.165, 1.54) is 0 Å². The number of aliphatic hydroxyl groups excluding tert-OH is 1. The fourth-order valence-corrected chi connectivity index (χ4v) is 3.44. The molecule has 0 aliphatic heterocycles. The summed E-state index contributed by atoms with van der Waals surface area (Å²) in [5.74, 6) is -0.127. The summed E-state index contributed by atoms with van der Waals surface area (Å²) in [7, 11) is 0. The van der Waals surface area contributed by atoms with Gasteiger partial charge >= 0.3 is 0 Å². The Bertz CT molecular complexity index is 869. The van der Waals surface area contributed by atoms with E-state index in [9.17, 15) is 9.59 Å². The molecule has 2 N–H and O–H groups in total. The van der Waals surface area contributed by atoms with Crippen LogP contribution >= 0.6 is 0 Å². The predicted octanol–water partition coefficient (Wildman–Crippen LogP) is 2.56. The Kier molecular flexibility index (Phi) is 3.54. The Morgan fingerprint density at radius 1 is 1.04 bits per heavy atom. The van der Waals surface area contributed by atoms with Gasteiger partial charge in [0.1, 0.15) is 0 Å². The lowest BCUT2D eigenvalue weighted by Gasteiger charge is -2.13. The predicted molar refractivity (Wildman–Crippen MR) is 90.9 cm³/mol. The summed E-state index contributed by atoms with van der Waals surface area (Å²) < 4.78 is 0. The van der Waals surface area contributed by atoms with Crippen molar-refractivity contribution in [2.24, 2.45) is 5.92 Å². The fraction of sp³-hybridized carbons (Fsp3) is 0.200. The number of ketones is 1. The molecule has 0 heterocycles. The molecule has 2 aliphatic carbocycles. The molecule has 2 aromatic carbocycles. The molecular formula is C20H17NO3. The minimum absolute atomic E-state index is 0.0312. The van der Waals surface area contributed by atoms with Gasteiger partial charge in [0.15, 0.2) is 5.78 Å². The normalized spacial score (nSPS) is 20.8. The molecule has 4 nitrogen and oxygen atoms in total. The van der Waals surface area contributed by atoms with E-state index < -0.39 is 0 Å². The lowest BCUT2D eigenvalue weighted by molar-refractivity contribution is 0.0941. The van der Waals surface area contributed by atoms with Crippen LogP contribution < -0.4 is 5.32 Å². The summed E-state index contributed by atoms with van der Waals surface area (Å²) in [5.41, 5.74) is 3.56. The highest BCUT2D eigenvalue weighted by Crippen LogP contribution is 2.36. The molecule has 0 spiro atoms. The monoisotopic (exact) mass is 319 g/mol. The van der Waals surface area contributed by atoms with E-state index in [0.29, 0.717) is 23.1 Å². The van der Waals surface area contributed by atoms with E-state index in [1.54, 1.807) is 12.1 Å². The Hall–Kier alpha value is -2.72. The first-order chi connectivity index (χ1) is 11.7. The second-order valence-electron chi connectivity index (χ2n) is 6.28. The van der Waals surface area contributed by atoms with Crippen molar-refractivity contribution in [2.75, 3.05) is 6.61 Å². The van der Waals surface area contributed by atoms with Crippen LogP contribution in [-0.2, 0) is 0 Å². The number of benzene rings is 2. The van der Waals surface area contributed by atoms with Gasteiger partial charge in [-0.2, -0.15) is 0 Å². The van der Waals surface area contributed by atoms with Crippen molar-refractivity contribution in [2.45, 2.75) is 12.5 Å². The maximum Gasteiger partial charge on any atom is 0.251 e. The molecule has 2 atom stereocenters. The van der Waals surface area contributed by atoms with Crippen molar-refractivity contribution in [3.63, 3.8) is 0 Å². The van der Waals surface area contributed by atoms with Crippen LogP contribution in [0.15, 0.2) is 54.6 Å². The third-order valence-corrected chi connectivity index (χ3v) is 4.71. The fourth-order valence-electron chi connectivity index (χ4n) is 3.44. The molecule has 24 heavy (non-hydrogen) atoms. The van der Waals surface area contributed by atoms with Crippen LogP contribution in [0.25, 0.3) is 11.1 Å². The molecule has 2 aliphatic rings. The van der Waals surface area contributed by atoms with Gasteiger partial charge in [-0.3, -0.25) is 9.59 Å². The summed E-state index contributed by atoms with van der Waals surface area (Å²) in [6.45, 7) is 0.0917. The van der Waals surface area contributed by atoms with Crippen LogP contribution in [0.3, 0.4) is 0 Å². The standard InChI is InChI=1S/C20H17NO3/c22-11-12-5-7-14(9-12)21-20(24)13-6-8-16-15-3-1-2-4-17(15)19(23)18(16)10-13/h1-8,10,12,14,22H,9,11H2,(H,21,24)/t12-,14+/m0/s1. The van der Waals surface area contributed by atoms with Gasteiger partial charge in [-0.15, -0.1) is 0 Å². The lowest BCUT2D eigenvalue weighted by Crippen LogP contribution is -2.33. The second-order valence-corrected chi connectivity index (χ2v) is 6.28. The van der Waals surface area contributed by atoms with Gasteiger partial charge in [0.25, 0.3) is 5.91 Å². The van der Waals surface area contributed by atoms with Gasteiger partial charge in [0.2, 0.25) is 0 Å². The van der Waals surface area contributed by atoms with Crippen LogP contribution in [0.5, 0.6) is 0 Å². The van der Waals surface area contributed by atoms with Crippen LogP contribution in [0.4, 0.5) is 0 Å². The van der Waals surface area contributed by atoms with Crippen LogP contribution in [0.2, 0.25) is 0 Å². The highest BCUT2D eigenvalue weighted by molar-refractivity contribution is 6.22. The Labute approximate surface area is 139 Å². The van der Waals surface area contributed by atoms with Crippen LogP contribution in [-0.4, -0.2) is 29.4 Å². The summed E-state index contributed by atoms with van der Waals surface area (Å²) >= 11 is 0. The quantitative estimate of drug-likeness (QED) is 0.729. The van der Waals surface area contributed by atoms with E-state index in [1.807, 2.05) is 42.5 Å². The first-order valence-corrected chi connectivity index (χ1v) is 8.05. The number of nitrogens with one attached hydrogen (secondary N) is 1.